The zero-order valence-corrected chi connectivity index (χ0v) is 14.8. The van der Waals surface area contributed by atoms with Gasteiger partial charge in [0, 0.05) is 25.3 Å². The van der Waals surface area contributed by atoms with Crippen LogP contribution in [-0.2, 0) is 24.6 Å². The number of ether oxygens (including phenoxy) is 1. The summed E-state index contributed by atoms with van der Waals surface area (Å²) in [4.78, 5) is 11.8. The first-order chi connectivity index (χ1) is 11.2. The normalized spacial score (nSPS) is 20.0. The number of carbonyl (C=O) groups is 1. The fraction of sp³-hybridized carbons (Fsp3) is 0.500. The van der Waals surface area contributed by atoms with Crippen LogP contribution in [0.25, 0.3) is 0 Å². The molecular weight excluding hydrogens is 356 g/mol. The van der Waals surface area contributed by atoms with E-state index in [1.807, 2.05) is 0 Å². The minimum absolute atomic E-state index is 0.0131. The Morgan fingerprint density at radius 2 is 1.96 bits per heavy atom. The fourth-order valence-corrected chi connectivity index (χ4v) is 5.38. The summed E-state index contributed by atoms with van der Waals surface area (Å²) in [7, 11) is -5.47. The Labute approximate surface area is 141 Å². The number of carbonyl (C=O) groups excluding carboxylic acids is 1. The Balaban J connectivity index is 2.02. The van der Waals surface area contributed by atoms with Gasteiger partial charge < -0.3 is 10.1 Å². The van der Waals surface area contributed by atoms with Crippen LogP contribution in [0.4, 0.5) is 0 Å². The zero-order valence-electron chi connectivity index (χ0n) is 13.2. The monoisotopic (exact) mass is 376 g/mol. The van der Waals surface area contributed by atoms with Crippen LogP contribution in [0.5, 0.6) is 0 Å². The average molecular weight is 376 g/mol. The molecule has 24 heavy (non-hydrogen) atoms. The van der Waals surface area contributed by atoms with Gasteiger partial charge in [-0.05, 0) is 30.7 Å². The molecule has 1 heterocycles. The summed E-state index contributed by atoms with van der Waals surface area (Å²) < 4.78 is 54.6. The second kappa shape index (κ2) is 7.60. The SMILES string of the molecule is COCCNC(=O)c1ccc(S(=O)(=O)NC2CCS(=O)(=O)C2)cc1. The van der Waals surface area contributed by atoms with E-state index >= 15 is 0 Å². The molecule has 8 nitrogen and oxygen atoms in total. The van der Waals surface area contributed by atoms with Crippen LogP contribution in [0.2, 0.25) is 0 Å². The molecule has 0 aliphatic carbocycles. The van der Waals surface area contributed by atoms with E-state index in [1.54, 1.807) is 0 Å². The van der Waals surface area contributed by atoms with Gasteiger partial charge in [-0.1, -0.05) is 0 Å². The smallest absolute Gasteiger partial charge is 0.251 e. The quantitative estimate of drug-likeness (QED) is 0.621. The largest absolute Gasteiger partial charge is 0.383 e. The fourth-order valence-electron chi connectivity index (χ4n) is 2.33. The molecule has 1 unspecified atom stereocenters. The molecule has 1 aromatic carbocycles. The number of benzene rings is 1. The van der Waals surface area contributed by atoms with Crippen LogP contribution in [0.1, 0.15) is 16.8 Å². The molecule has 2 rings (SSSR count). The van der Waals surface area contributed by atoms with E-state index in [2.05, 4.69) is 10.0 Å². The molecule has 0 aromatic heterocycles. The average Bonchev–Trinajstić information content (AvgIpc) is 2.85. The minimum Gasteiger partial charge on any atom is -0.383 e. The van der Waals surface area contributed by atoms with Crippen molar-refractivity contribution in [2.24, 2.45) is 0 Å². The van der Waals surface area contributed by atoms with Crippen molar-refractivity contribution in [2.75, 3.05) is 31.8 Å². The number of nitrogens with one attached hydrogen (secondary N) is 2. The summed E-state index contributed by atoms with van der Waals surface area (Å²) >= 11 is 0. The summed E-state index contributed by atoms with van der Waals surface area (Å²) in [5, 5.41) is 2.63. The first kappa shape index (κ1) is 18.8. The van der Waals surface area contributed by atoms with Crippen LogP contribution in [-0.4, -0.2) is 60.6 Å². The second-order valence-corrected chi connectivity index (χ2v) is 9.44. The molecule has 1 aromatic rings. The Morgan fingerprint density at radius 1 is 1.29 bits per heavy atom. The highest BCUT2D eigenvalue weighted by atomic mass is 32.2. The molecule has 1 fully saturated rings. The maximum atomic E-state index is 12.3. The van der Waals surface area contributed by atoms with Crippen molar-refractivity contribution in [1.82, 2.24) is 10.0 Å². The van der Waals surface area contributed by atoms with Gasteiger partial charge in [0.25, 0.3) is 5.91 Å². The summed E-state index contributed by atoms with van der Waals surface area (Å²) in [5.41, 5.74) is 0.327. The molecule has 134 valence electrons. The van der Waals surface area contributed by atoms with Gasteiger partial charge in [0.15, 0.2) is 9.84 Å². The topological polar surface area (TPSA) is 119 Å². The number of amides is 1. The van der Waals surface area contributed by atoms with Gasteiger partial charge in [-0.2, -0.15) is 0 Å². The van der Waals surface area contributed by atoms with E-state index in [1.165, 1.54) is 31.4 Å². The Bertz CT molecular complexity index is 787. The van der Waals surface area contributed by atoms with Crippen molar-refractivity contribution in [3.63, 3.8) is 0 Å². The molecule has 0 saturated carbocycles. The zero-order chi connectivity index (χ0) is 17.8. The number of sulfonamides is 1. The molecule has 1 saturated heterocycles. The lowest BCUT2D eigenvalue weighted by atomic mass is 10.2. The summed E-state index contributed by atoms with van der Waals surface area (Å²) in [6.45, 7) is 0.736. The van der Waals surface area contributed by atoms with Crippen molar-refractivity contribution in [1.29, 1.82) is 0 Å². The minimum atomic E-state index is -3.82. The van der Waals surface area contributed by atoms with E-state index in [4.69, 9.17) is 4.74 Å². The second-order valence-electron chi connectivity index (χ2n) is 5.49. The van der Waals surface area contributed by atoms with Crippen molar-refractivity contribution >= 4 is 25.8 Å². The van der Waals surface area contributed by atoms with Crippen molar-refractivity contribution in [2.45, 2.75) is 17.4 Å². The Hall–Kier alpha value is -1.49. The molecule has 1 atom stereocenters. The van der Waals surface area contributed by atoms with Crippen molar-refractivity contribution < 1.29 is 26.4 Å². The molecule has 1 aliphatic heterocycles. The number of rotatable bonds is 7. The highest BCUT2D eigenvalue weighted by Gasteiger charge is 2.31. The van der Waals surface area contributed by atoms with Gasteiger partial charge in [0.05, 0.1) is 23.0 Å². The van der Waals surface area contributed by atoms with Crippen molar-refractivity contribution in [3.8, 4) is 0 Å². The predicted octanol–water partition coefficient (Wildman–Crippen LogP) is -0.472. The van der Waals surface area contributed by atoms with E-state index in [0.717, 1.165) is 0 Å². The molecular formula is C14H20N2O6S2. The van der Waals surface area contributed by atoms with Crippen molar-refractivity contribution in [3.05, 3.63) is 29.8 Å². The maximum absolute atomic E-state index is 12.3. The molecule has 2 N–H and O–H groups in total. The summed E-state index contributed by atoms with van der Waals surface area (Å²) in [6.07, 6.45) is 0.265. The van der Waals surface area contributed by atoms with Gasteiger partial charge in [-0.3, -0.25) is 4.79 Å². The predicted molar refractivity (Wildman–Crippen MR) is 88.0 cm³/mol. The maximum Gasteiger partial charge on any atom is 0.251 e. The van der Waals surface area contributed by atoms with Crippen LogP contribution in [0.3, 0.4) is 0 Å². The number of hydrogen-bond acceptors (Lipinski definition) is 6. The first-order valence-corrected chi connectivity index (χ1v) is 10.6. The summed E-state index contributed by atoms with van der Waals surface area (Å²) in [6, 6.07) is 4.83. The molecule has 0 radical (unpaired) electrons. The molecule has 0 spiro atoms. The molecule has 0 bridgehead atoms. The lowest BCUT2D eigenvalue weighted by Crippen LogP contribution is -2.35. The summed E-state index contributed by atoms with van der Waals surface area (Å²) in [5.74, 6) is -0.529. The molecule has 1 aliphatic rings. The van der Waals surface area contributed by atoms with Crippen LogP contribution in [0, 0.1) is 0 Å². The van der Waals surface area contributed by atoms with Crippen LogP contribution < -0.4 is 10.0 Å². The highest BCUT2D eigenvalue weighted by Crippen LogP contribution is 2.16. The van der Waals surface area contributed by atoms with Gasteiger partial charge in [0.2, 0.25) is 10.0 Å². The standard InChI is InChI=1S/C14H20N2O6S2/c1-22-8-7-15-14(17)11-2-4-13(5-3-11)24(20,21)16-12-6-9-23(18,19)10-12/h2-5,12,16H,6-10H2,1H3,(H,15,17). The number of sulfone groups is 1. The molecule has 10 heteroatoms. The van der Waals surface area contributed by atoms with Gasteiger partial charge in [0.1, 0.15) is 0 Å². The Kier molecular flexibility index (Phi) is 5.97. The Morgan fingerprint density at radius 3 is 2.50 bits per heavy atom. The lowest BCUT2D eigenvalue weighted by molar-refractivity contribution is 0.0937. The van der Waals surface area contributed by atoms with Crippen LogP contribution >= 0.6 is 0 Å². The van der Waals surface area contributed by atoms with E-state index in [0.29, 0.717) is 18.7 Å². The molecule has 1 amide bonds. The third kappa shape index (κ3) is 5.00. The van der Waals surface area contributed by atoms with Gasteiger partial charge >= 0.3 is 0 Å². The van der Waals surface area contributed by atoms with Gasteiger partial charge in [-0.15, -0.1) is 0 Å². The number of hydrogen-bond donors (Lipinski definition) is 2. The number of methoxy groups -OCH3 is 1. The van der Waals surface area contributed by atoms with Crippen LogP contribution in [0.15, 0.2) is 29.2 Å². The first-order valence-electron chi connectivity index (χ1n) is 7.33. The highest BCUT2D eigenvalue weighted by molar-refractivity contribution is 7.92. The van der Waals surface area contributed by atoms with Gasteiger partial charge in [-0.25, -0.2) is 21.6 Å². The third-order valence-electron chi connectivity index (χ3n) is 3.57. The van der Waals surface area contributed by atoms with E-state index in [-0.39, 0.29) is 28.7 Å². The lowest BCUT2D eigenvalue weighted by Gasteiger charge is -2.12. The van der Waals surface area contributed by atoms with E-state index in [9.17, 15) is 21.6 Å². The van der Waals surface area contributed by atoms with E-state index < -0.39 is 25.9 Å². The third-order valence-corrected chi connectivity index (χ3v) is 6.88.